The van der Waals surface area contributed by atoms with E-state index in [9.17, 15) is 0 Å². The van der Waals surface area contributed by atoms with Gasteiger partial charge >= 0.3 is 0 Å². The van der Waals surface area contributed by atoms with Crippen LogP contribution in [0.15, 0.2) is 22.7 Å². The number of nitrogens with zero attached hydrogens (tertiary/aromatic N) is 2. The Kier molecular flexibility index (Phi) is 1.98. The maximum absolute atomic E-state index is 5.81. The van der Waals surface area contributed by atoms with Crippen LogP contribution in [0.5, 0.6) is 0 Å². The molecule has 0 atom stereocenters. The molecule has 0 amide bonds. The van der Waals surface area contributed by atoms with Gasteiger partial charge in [-0.25, -0.2) is 9.97 Å². The summed E-state index contributed by atoms with van der Waals surface area (Å²) in [4.78, 5) is 7.70. The second-order valence-corrected chi connectivity index (χ2v) is 3.55. The maximum Gasteiger partial charge on any atom is 0.199 e. The summed E-state index contributed by atoms with van der Waals surface area (Å²) in [6.07, 6.45) is 2.48. The molecule has 1 radical (unpaired) electrons. The van der Waals surface area contributed by atoms with E-state index in [2.05, 4.69) is 32.2 Å². The molecule has 0 spiro atoms. The summed E-state index contributed by atoms with van der Waals surface area (Å²) in [5, 5.41) is 1.28. The van der Waals surface area contributed by atoms with E-state index in [-0.39, 0.29) is 0 Å². The minimum Gasteiger partial charge on any atom is -0.225 e. The molecule has 0 aliphatic carbocycles. The summed E-state index contributed by atoms with van der Waals surface area (Å²) in [7, 11) is 0. The zero-order valence-electron chi connectivity index (χ0n) is 5.88. The molecule has 0 unspecified atom stereocenters. The number of hydrogen-bond acceptors (Lipinski definition) is 2. The third-order valence-electron chi connectivity index (χ3n) is 1.50. The fraction of sp³-hybridized carbons (Fsp3) is 0. The lowest BCUT2D eigenvalue weighted by atomic mass is 10.2. The molecular weight excluding hydrogens is 239 g/mol. The minimum absolute atomic E-state index is 0.438. The highest BCUT2D eigenvalue weighted by Crippen LogP contribution is 2.21. The van der Waals surface area contributed by atoms with Gasteiger partial charge in [0.15, 0.2) is 6.33 Å². The van der Waals surface area contributed by atoms with Gasteiger partial charge < -0.3 is 0 Å². The van der Waals surface area contributed by atoms with Crippen LogP contribution in [-0.4, -0.2) is 9.97 Å². The Morgan fingerprint density at radius 3 is 3.00 bits per heavy atom. The van der Waals surface area contributed by atoms with E-state index in [4.69, 9.17) is 11.6 Å². The Hall–Kier alpha value is -0.670. The Morgan fingerprint density at radius 2 is 2.17 bits per heavy atom. The predicted molar refractivity (Wildman–Crippen MR) is 51.1 cm³/mol. The van der Waals surface area contributed by atoms with Gasteiger partial charge in [-0.3, -0.25) is 0 Å². The molecule has 0 aliphatic heterocycles. The van der Waals surface area contributed by atoms with Crippen molar-refractivity contribution in [3.05, 3.63) is 34.2 Å². The molecule has 0 saturated heterocycles. The van der Waals surface area contributed by atoms with E-state index < -0.39 is 0 Å². The Morgan fingerprint density at radius 1 is 1.33 bits per heavy atom. The standard InChI is InChI=1S/C8H3BrClN2/c9-5-1-2-6-7(3-5)11-4-12-8(6)10/h1-3H. The molecule has 0 fully saturated rings. The molecule has 4 heteroatoms. The fourth-order valence-corrected chi connectivity index (χ4v) is 1.50. The van der Waals surface area contributed by atoms with Crippen molar-refractivity contribution in [2.45, 2.75) is 0 Å². The van der Waals surface area contributed by atoms with Gasteiger partial charge in [0.2, 0.25) is 0 Å². The Labute approximate surface area is 82.7 Å². The van der Waals surface area contributed by atoms with Gasteiger partial charge in [0.1, 0.15) is 5.15 Å². The van der Waals surface area contributed by atoms with Crippen molar-refractivity contribution in [2.24, 2.45) is 0 Å². The van der Waals surface area contributed by atoms with Crippen LogP contribution in [0.4, 0.5) is 0 Å². The first kappa shape index (κ1) is 7.95. The second kappa shape index (κ2) is 2.99. The predicted octanol–water partition coefficient (Wildman–Crippen LogP) is 2.85. The van der Waals surface area contributed by atoms with Crippen LogP contribution in [0, 0.1) is 6.33 Å². The lowest BCUT2D eigenvalue weighted by molar-refractivity contribution is 1.20. The van der Waals surface area contributed by atoms with Crippen molar-refractivity contribution in [3.8, 4) is 0 Å². The summed E-state index contributed by atoms with van der Waals surface area (Å²) < 4.78 is 0.971. The first-order chi connectivity index (χ1) is 5.77. The molecule has 1 heterocycles. The largest absolute Gasteiger partial charge is 0.225 e. The minimum atomic E-state index is 0.438. The summed E-state index contributed by atoms with van der Waals surface area (Å²) in [6.45, 7) is 0. The van der Waals surface area contributed by atoms with Crippen molar-refractivity contribution < 1.29 is 0 Å². The first-order valence-electron chi connectivity index (χ1n) is 3.26. The van der Waals surface area contributed by atoms with Crippen LogP contribution < -0.4 is 0 Å². The molecule has 2 aromatic rings. The summed E-state index contributed by atoms with van der Waals surface area (Å²) in [5.74, 6) is 0. The molecule has 0 bridgehead atoms. The molecule has 59 valence electrons. The average molecular weight is 242 g/mol. The lowest BCUT2D eigenvalue weighted by Gasteiger charge is -1.97. The van der Waals surface area contributed by atoms with Gasteiger partial charge in [-0.2, -0.15) is 0 Å². The van der Waals surface area contributed by atoms with Crippen LogP contribution >= 0.6 is 27.5 Å². The molecule has 12 heavy (non-hydrogen) atoms. The van der Waals surface area contributed by atoms with Crippen LogP contribution in [0.25, 0.3) is 10.9 Å². The zero-order chi connectivity index (χ0) is 8.55. The first-order valence-corrected chi connectivity index (χ1v) is 4.43. The van der Waals surface area contributed by atoms with Crippen molar-refractivity contribution in [1.29, 1.82) is 0 Å². The molecule has 2 nitrogen and oxygen atoms in total. The van der Waals surface area contributed by atoms with Crippen molar-refractivity contribution >= 4 is 38.4 Å². The van der Waals surface area contributed by atoms with E-state index in [1.165, 1.54) is 0 Å². The number of halogens is 2. The van der Waals surface area contributed by atoms with Gasteiger partial charge in [-0.15, -0.1) is 0 Å². The summed E-state index contributed by atoms with van der Waals surface area (Å²) in [6, 6.07) is 5.65. The highest BCUT2D eigenvalue weighted by molar-refractivity contribution is 9.10. The fourth-order valence-electron chi connectivity index (χ4n) is 0.955. The number of rotatable bonds is 0. The third kappa shape index (κ3) is 1.30. The third-order valence-corrected chi connectivity index (χ3v) is 2.28. The van der Waals surface area contributed by atoms with Crippen LogP contribution in [0.2, 0.25) is 5.15 Å². The van der Waals surface area contributed by atoms with Crippen LogP contribution in [0.1, 0.15) is 0 Å². The molecule has 2 rings (SSSR count). The van der Waals surface area contributed by atoms with Gasteiger partial charge in [0.25, 0.3) is 0 Å². The smallest absolute Gasteiger partial charge is 0.199 e. The van der Waals surface area contributed by atoms with Crippen molar-refractivity contribution in [2.75, 3.05) is 0 Å². The van der Waals surface area contributed by atoms with E-state index >= 15 is 0 Å². The highest BCUT2D eigenvalue weighted by atomic mass is 79.9. The van der Waals surface area contributed by atoms with Gasteiger partial charge in [0.05, 0.1) is 5.52 Å². The summed E-state index contributed by atoms with van der Waals surface area (Å²) >= 11 is 9.15. The van der Waals surface area contributed by atoms with Crippen LogP contribution in [-0.2, 0) is 0 Å². The number of aromatic nitrogens is 2. The SMILES string of the molecule is Clc1n[c]nc2cc(Br)ccc12. The second-order valence-electron chi connectivity index (χ2n) is 2.28. The lowest BCUT2D eigenvalue weighted by Crippen LogP contribution is -1.83. The van der Waals surface area contributed by atoms with Crippen molar-refractivity contribution in [1.82, 2.24) is 9.97 Å². The normalized spacial score (nSPS) is 10.5. The molecule has 1 aromatic carbocycles. The molecule has 1 aromatic heterocycles. The van der Waals surface area contributed by atoms with E-state index in [1.807, 2.05) is 18.2 Å². The maximum atomic E-state index is 5.81. The Bertz CT molecular complexity index is 430. The monoisotopic (exact) mass is 241 g/mol. The summed E-state index contributed by atoms with van der Waals surface area (Å²) in [5.41, 5.74) is 0.796. The highest BCUT2D eigenvalue weighted by Gasteiger charge is 2.00. The topological polar surface area (TPSA) is 25.8 Å². The molecule has 0 saturated carbocycles. The zero-order valence-corrected chi connectivity index (χ0v) is 8.22. The molecular formula is C8H3BrClN2. The van der Waals surface area contributed by atoms with Crippen molar-refractivity contribution in [3.63, 3.8) is 0 Å². The van der Waals surface area contributed by atoms with Gasteiger partial charge in [-0.05, 0) is 18.2 Å². The van der Waals surface area contributed by atoms with E-state index in [1.54, 1.807) is 0 Å². The molecule has 0 aliphatic rings. The number of fused-ring (bicyclic) bond motifs is 1. The quantitative estimate of drug-likeness (QED) is 0.664. The van der Waals surface area contributed by atoms with E-state index in [0.717, 1.165) is 15.4 Å². The number of benzene rings is 1. The van der Waals surface area contributed by atoms with Gasteiger partial charge in [-0.1, -0.05) is 27.5 Å². The average Bonchev–Trinajstić information content (AvgIpc) is 2.04. The number of hydrogen-bond donors (Lipinski definition) is 0. The van der Waals surface area contributed by atoms with E-state index in [0.29, 0.717) is 5.15 Å². The van der Waals surface area contributed by atoms with Gasteiger partial charge in [0, 0.05) is 9.86 Å². The van der Waals surface area contributed by atoms with Crippen LogP contribution in [0.3, 0.4) is 0 Å². The molecule has 0 N–H and O–H groups in total. The Balaban J connectivity index is 2.86.